The molecule has 1 aromatic rings. The van der Waals surface area contributed by atoms with Gasteiger partial charge in [-0.2, -0.15) is 0 Å². The number of halogens is 1. The molecule has 0 aliphatic heterocycles. The van der Waals surface area contributed by atoms with Crippen molar-refractivity contribution in [2.75, 3.05) is 5.43 Å². The average Bonchev–Trinajstić information content (AvgIpc) is 2.16. The summed E-state index contributed by atoms with van der Waals surface area (Å²) in [6, 6.07) is 6.93. The monoisotopic (exact) mass is 198 g/mol. The molecule has 0 radical (unpaired) electrons. The van der Waals surface area contributed by atoms with Crippen LogP contribution in [0.15, 0.2) is 34.5 Å². The largest absolute Gasteiger partial charge is 0.364 e. The number of nitroso groups, excluding NO2 is 1. The topological polar surface area (TPSA) is 79.8 Å². The van der Waals surface area contributed by atoms with Crippen LogP contribution in [0.4, 0.5) is 5.69 Å². The minimum absolute atomic E-state index is 0.375. The van der Waals surface area contributed by atoms with E-state index in [9.17, 15) is 4.91 Å². The van der Waals surface area contributed by atoms with Crippen LogP contribution < -0.4 is 11.2 Å². The van der Waals surface area contributed by atoms with Gasteiger partial charge in [0.25, 0.3) is 5.96 Å². The van der Waals surface area contributed by atoms with Gasteiger partial charge in [0.1, 0.15) is 0 Å². The number of rotatable bonds is 2. The molecule has 5 nitrogen and oxygen atoms in total. The van der Waals surface area contributed by atoms with Gasteiger partial charge in [0.2, 0.25) is 0 Å². The van der Waals surface area contributed by atoms with E-state index in [1.807, 2.05) is 0 Å². The normalized spacial score (nSPS) is 11.0. The number of nitrogens with zero attached hydrogens (tertiary/aromatic N) is 2. The van der Waals surface area contributed by atoms with E-state index >= 15 is 0 Å². The Morgan fingerprint density at radius 1 is 1.46 bits per heavy atom. The van der Waals surface area contributed by atoms with Crippen molar-refractivity contribution >= 4 is 23.2 Å². The Morgan fingerprint density at radius 3 is 2.77 bits per heavy atom. The highest BCUT2D eigenvalue weighted by atomic mass is 35.5. The zero-order valence-corrected chi connectivity index (χ0v) is 7.32. The number of nitrogens with one attached hydrogen (secondary N) is 1. The zero-order valence-electron chi connectivity index (χ0n) is 6.57. The Bertz CT molecular complexity index is 339. The van der Waals surface area contributed by atoms with Crippen LogP contribution in [0, 0.1) is 4.91 Å². The van der Waals surface area contributed by atoms with E-state index in [1.54, 1.807) is 24.3 Å². The summed E-state index contributed by atoms with van der Waals surface area (Å²) < 4.78 is 0. The fourth-order valence-corrected chi connectivity index (χ4v) is 0.868. The van der Waals surface area contributed by atoms with Gasteiger partial charge in [0.15, 0.2) is 0 Å². The standard InChI is InChI=1S/C7H7ClN4O/c8-5-3-1-2-4-6(5)10-11-7(9)12-13/h1-4,10H,(H2,9,11). The molecular formula is C7H7ClN4O. The second-order valence-electron chi connectivity index (χ2n) is 2.15. The van der Waals surface area contributed by atoms with Crippen molar-refractivity contribution in [2.45, 2.75) is 0 Å². The molecule has 0 fully saturated rings. The van der Waals surface area contributed by atoms with Gasteiger partial charge in [-0.15, -0.1) is 10.0 Å². The molecule has 0 saturated heterocycles. The molecule has 0 aliphatic carbocycles. The van der Waals surface area contributed by atoms with E-state index in [-0.39, 0.29) is 5.96 Å². The van der Waals surface area contributed by atoms with Crippen LogP contribution in [-0.4, -0.2) is 5.96 Å². The van der Waals surface area contributed by atoms with Gasteiger partial charge >= 0.3 is 0 Å². The lowest BCUT2D eigenvalue weighted by Gasteiger charge is -2.00. The summed E-state index contributed by atoms with van der Waals surface area (Å²) in [6.07, 6.45) is 0. The fraction of sp³-hybridized carbons (Fsp3) is 0. The van der Waals surface area contributed by atoms with Gasteiger partial charge in [-0.25, -0.2) is 0 Å². The molecule has 0 unspecified atom stereocenters. The smallest absolute Gasteiger partial charge is 0.279 e. The van der Waals surface area contributed by atoms with E-state index in [0.29, 0.717) is 10.7 Å². The van der Waals surface area contributed by atoms with Gasteiger partial charge < -0.3 is 5.73 Å². The van der Waals surface area contributed by atoms with Crippen LogP contribution in [0.1, 0.15) is 0 Å². The molecule has 1 aromatic carbocycles. The number of hydrogen-bond donors (Lipinski definition) is 2. The summed E-state index contributed by atoms with van der Waals surface area (Å²) in [5.74, 6) is -0.375. The number of hydrogen-bond acceptors (Lipinski definition) is 3. The third-order valence-corrected chi connectivity index (χ3v) is 1.59. The van der Waals surface area contributed by atoms with E-state index in [4.69, 9.17) is 17.3 Å². The molecule has 3 N–H and O–H groups in total. The van der Waals surface area contributed by atoms with Crippen LogP contribution in [0.5, 0.6) is 0 Å². The van der Waals surface area contributed by atoms with Crippen LogP contribution in [0.25, 0.3) is 0 Å². The first kappa shape index (κ1) is 9.47. The minimum atomic E-state index is -0.375. The third kappa shape index (κ3) is 2.72. The van der Waals surface area contributed by atoms with E-state index in [2.05, 4.69) is 15.7 Å². The lowest BCUT2D eigenvalue weighted by atomic mass is 10.3. The minimum Gasteiger partial charge on any atom is -0.364 e. The fourth-order valence-electron chi connectivity index (χ4n) is 0.690. The molecule has 0 aromatic heterocycles. The highest BCUT2D eigenvalue weighted by Gasteiger charge is 1.96. The van der Waals surface area contributed by atoms with Crippen LogP contribution >= 0.6 is 11.6 Å². The number of guanidine groups is 1. The lowest BCUT2D eigenvalue weighted by Crippen LogP contribution is -2.09. The summed E-state index contributed by atoms with van der Waals surface area (Å²) >= 11 is 5.77. The Labute approximate surface area is 79.5 Å². The first-order chi connectivity index (χ1) is 6.24. The van der Waals surface area contributed by atoms with Crippen molar-refractivity contribution in [3.05, 3.63) is 34.2 Å². The molecule has 6 heteroatoms. The molecule has 1 rings (SSSR count). The van der Waals surface area contributed by atoms with Gasteiger partial charge in [-0.1, -0.05) is 23.7 Å². The van der Waals surface area contributed by atoms with Crippen molar-refractivity contribution < 1.29 is 0 Å². The molecule has 0 heterocycles. The van der Waals surface area contributed by atoms with Gasteiger partial charge in [0, 0.05) is 5.18 Å². The lowest BCUT2D eigenvalue weighted by molar-refractivity contribution is 1.28. The zero-order chi connectivity index (χ0) is 9.68. The Hall–Kier alpha value is -1.62. The van der Waals surface area contributed by atoms with Gasteiger partial charge in [0.05, 0.1) is 10.7 Å². The van der Waals surface area contributed by atoms with Crippen LogP contribution in [0.3, 0.4) is 0 Å². The van der Waals surface area contributed by atoms with E-state index < -0.39 is 0 Å². The number of benzene rings is 1. The molecule has 68 valence electrons. The van der Waals surface area contributed by atoms with Crippen LogP contribution in [0.2, 0.25) is 5.02 Å². The maximum atomic E-state index is 9.83. The Balaban J connectivity index is 2.75. The van der Waals surface area contributed by atoms with Crippen molar-refractivity contribution in [1.29, 1.82) is 0 Å². The maximum Gasteiger partial charge on any atom is 0.279 e. The van der Waals surface area contributed by atoms with Crippen molar-refractivity contribution in [1.82, 2.24) is 0 Å². The van der Waals surface area contributed by atoms with Crippen molar-refractivity contribution in [3.63, 3.8) is 0 Å². The second-order valence-corrected chi connectivity index (χ2v) is 2.56. The average molecular weight is 199 g/mol. The summed E-state index contributed by atoms with van der Waals surface area (Å²) in [7, 11) is 0. The van der Waals surface area contributed by atoms with E-state index in [0.717, 1.165) is 0 Å². The number of anilines is 1. The summed E-state index contributed by atoms with van der Waals surface area (Å²) in [5.41, 5.74) is 8.10. The first-order valence-corrected chi connectivity index (χ1v) is 3.79. The number of nitrogens with two attached hydrogens (primary N) is 1. The second kappa shape index (κ2) is 4.42. The molecule has 13 heavy (non-hydrogen) atoms. The maximum absolute atomic E-state index is 9.83. The van der Waals surface area contributed by atoms with Crippen LogP contribution in [-0.2, 0) is 0 Å². The highest BCUT2D eigenvalue weighted by molar-refractivity contribution is 6.33. The van der Waals surface area contributed by atoms with Gasteiger partial charge in [-0.3, -0.25) is 5.43 Å². The number of hydrazone groups is 1. The number of para-hydroxylation sites is 1. The highest BCUT2D eigenvalue weighted by Crippen LogP contribution is 2.19. The predicted octanol–water partition coefficient (Wildman–Crippen LogP) is 1.75. The summed E-state index contributed by atoms with van der Waals surface area (Å²) in [6.45, 7) is 0. The molecule has 0 amide bonds. The van der Waals surface area contributed by atoms with Crippen molar-refractivity contribution in [2.24, 2.45) is 16.0 Å². The molecule has 0 spiro atoms. The van der Waals surface area contributed by atoms with E-state index in [1.165, 1.54) is 0 Å². The molecule has 0 saturated carbocycles. The SMILES string of the molecule is N/C(N=O)=N\Nc1ccccc1Cl. The first-order valence-electron chi connectivity index (χ1n) is 3.41. The predicted molar refractivity (Wildman–Crippen MR) is 52.5 cm³/mol. The molecule has 0 bridgehead atoms. The quantitative estimate of drug-likeness (QED) is 0.329. The molecule has 0 aliphatic rings. The summed E-state index contributed by atoms with van der Waals surface area (Å²) in [5, 5.41) is 6.35. The molecular weight excluding hydrogens is 192 g/mol. The Morgan fingerprint density at radius 2 is 2.15 bits per heavy atom. The Kier molecular flexibility index (Phi) is 3.22. The van der Waals surface area contributed by atoms with Gasteiger partial charge in [-0.05, 0) is 12.1 Å². The van der Waals surface area contributed by atoms with Crippen molar-refractivity contribution in [3.8, 4) is 0 Å². The summed E-state index contributed by atoms with van der Waals surface area (Å²) in [4.78, 5) is 9.83. The molecule has 0 atom stereocenters. The third-order valence-electron chi connectivity index (χ3n) is 1.26.